The second kappa shape index (κ2) is 8.81. The molecule has 3 aromatic rings. The second-order valence-corrected chi connectivity index (χ2v) is 5.93. The van der Waals surface area contributed by atoms with Crippen molar-refractivity contribution < 1.29 is 19.0 Å². The number of carbonyl (C=O) groups excluding carboxylic acids is 1. The zero-order valence-corrected chi connectivity index (χ0v) is 16.0. The summed E-state index contributed by atoms with van der Waals surface area (Å²) in [4.78, 5) is 12.5. The van der Waals surface area contributed by atoms with Gasteiger partial charge in [0.1, 0.15) is 5.75 Å². The van der Waals surface area contributed by atoms with Crippen LogP contribution < -0.4 is 24.8 Å². The number of carbonyl (C=O) groups is 1. The highest BCUT2D eigenvalue weighted by Crippen LogP contribution is 2.29. The summed E-state index contributed by atoms with van der Waals surface area (Å²) in [6, 6.07) is 20.1. The van der Waals surface area contributed by atoms with Crippen LogP contribution in [0.5, 0.6) is 17.2 Å². The van der Waals surface area contributed by atoms with Crippen LogP contribution in [0.4, 0.5) is 17.1 Å². The number of rotatable bonds is 7. The summed E-state index contributed by atoms with van der Waals surface area (Å²) < 4.78 is 15.8. The van der Waals surface area contributed by atoms with Gasteiger partial charge in [0.2, 0.25) is 0 Å². The number of nitrogens with one attached hydrogen (secondary N) is 2. The molecular formula is C22H22N2O4. The lowest BCUT2D eigenvalue weighted by Gasteiger charge is -2.12. The highest BCUT2D eigenvalue weighted by Gasteiger charge is 2.11. The lowest BCUT2D eigenvalue weighted by molar-refractivity contribution is 0.102. The van der Waals surface area contributed by atoms with E-state index in [0.29, 0.717) is 22.7 Å². The van der Waals surface area contributed by atoms with Gasteiger partial charge in [0.25, 0.3) is 5.91 Å². The Hall–Kier alpha value is -3.67. The Balaban J connectivity index is 1.69. The Morgan fingerprint density at radius 1 is 0.714 bits per heavy atom. The van der Waals surface area contributed by atoms with Crippen molar-refractivity contribution in [3.8, 4) is 17.2 Å². The third kappa shape index (κ3) is 4.35. The van der Waals surface area contributed by atoms with Crippen LogP contribution >= 0.6 is 0 Å². The molecule has 2 N–H and O–H groups in total. The van der Waals surface area contributed by atoms with Crippen molar-refractivity contribution in [1.29, 1.82) is 0 Å². The number of methoxy groups -OCH3 is 3. The number of anilines is 3. The van der Waals surface area contributed by atoms with Gasteiger partial charge in [-0.25, -0.2) is 0 Å². The van der Waals surface area contributed by atoms with Gasteiger partial charge >= 0.3 is 0 Å². The molecule has 0 aromatic heterocycles. The first kappa shape index (κ1) is 19.1. The highest BCUT2D eigenvalue weighted by molar-refractivity contribution is 6.04. The molecule has 0 aliphatic carbocycles. The number of benzene rings is 3. The molecule has 0 aliphatic heterocycles. The Morgan fingerprint density at radius 2 is 1.36 bits per heavy atom. The van der Waals surface area contributed by atoms with Crippen molar-refractivity contribution in [2.24, 2.45) is 0 Å². The molecule has 0 spiro atoms. The SMILES string of the molecule is COc1ccccc1Nc1ccc(NC(=O)c2ccc(OC)c(OC)c2)cc1. The maximum absolute atomic E-state index is 12.5. The van der Waals surface area contributed by atoms with Crippen LogP contribution in [-0.2, 0) is 0 Å². The molecule has 144 valence electrons. The minimum absolute atomic E-state index is 0.230. The molecule has 0 bridgehead atoms. The Bertz CT molecular complexity index is 955. The topological polar surface area (TPSA) is 68.8 Å². The Kier molecular flexibility index (Phi) is 6.01. The van der Waals surface area contributed by atoms with Gasteiger partial charge in [0, 0.05) is 16.9 Å². The zero-order valence-electron chi connectivity index (χ0n) is 16.0. The summed E-state index contributed by atoms with van der Waals surface area (Å²) in [6.45, 7) is 0. The van der Waals surface area contributed by atoms with E-state index in [-0.39, 0.29) is 5.91 Å². The molecule has 0 saturated carbocycles. The summed E-state index contributed by atoms with van der Waals surface area (Å²) >= 11 is 0. The molecule has 1 amide bonds. The van der Waals surface area contributed by atoms with Gasteiger partial charge in [-0.05, 0) is 54.6 Å². The minimum Gasteiger partial charge on any atom is -0.495 e. The molecule has 6 heteroatoms. The van der Waals surface area contributed by atoms with Gasteiger partial charge in [0.15, 0.2) is 11.5 Å². The molecule has 3 rings (SSSR count). The van der Waals surface area contributed by atoms with Gasteiger partial charge in [-0.3, -0.25) is 4.79 Å². The Morgan fingerprint density at radius 3 is 2.04 bits per heavy atom. The van der Waals surface area contributed by atoms with Crippen molar-refractivity contribution in [1.82, 2.24) is 0 Å². The average molecular weight is 378 g/mol. The summed E-state index contributed by atoms with van der Waals surface area (Å²) in [6.07, 6.45) is 0. The van der Waals surface area contributed by atoms with Crippen molar-refractivity contribution in [3.63, 3.8) is 0 Å². The number of ether oxygens (including phenoxy) is 3. The normalized spacial score (nSPS) is 10.1. The molecule has 28 heavy (non-hydrogen) atoms. The van der Waals surface area contributed by atoms with Crippen LogP contribution in [0, 0.1) is 0 Å². The van der Waals surface area contributed by atoms with E-state index in [4.69, 9.17) is 14.2 Å². The van der Waals surface area contributed by atoms with Crippen molar-refractivity contribution >= 4 is 23.0 Å². The smallest absolute Gasteiger partial charge is 0.255 e. The quantitative estimate of drug-likeness (QED) is 0.623. The van der Waals surface area contributed by atoms with Gasteiger partial charge in [-0.2, -0.15) is 0 Å². The molecular weight excluding hydrogens is 356 g/mol. The van der Waals surface area contributed by atoms with E-state index in [1.54, 1.807) is 32.4 Å². The maximum atomic E-state index is 12.5. The summed E-state index contributed by atoms with van der Waals surface area (Å²) in [5, 5.41) is 6.17. The average Bonchev–Trinajstić information content (AvgIpc) is 2.74. The fourth-order valence-corrected chi connectivity index (χ4v) is 2.72. The van der Waals surface area contributed by atoms with E-state index in [1.165, 1.54) is 7.11 Å². The van der Waals surface area contributed by atoms with Crippen LogP contribution in [0.25, 0.3) is 0 Å². The summed E-state index contributed by atoms with van der Waals surface area (Å²) in [7, 11) is 4.72. The maximum Gasteiger partial charge on any atom is 0.255 e. The van der Waals surface area contributed by atoms with Gasteiger partial charge in [-0.1, -0.05) is 12.1 Å². The van der Waals surface area contributed by atoms with Gasteiger partial charge in [-0.15, -0.1) is 0 Å². The molecule has 0 atom stereocenters. The van der Waals surface area contributed by atoms with E-state index in [9.17, 15) is 4.79 Å². The largest absolute Gasteiger partial charge is 0.495 e. The third-order valence-corrected chi connectivity index (χ3v) is 4.17. The molecule has 0 heterocycles. The monoisotopic (exact) mass is 378 g/mol. The first-order chi connectivity index (χ1) is 13.6. The molecule has 6 nitrogen and oxygen atoms in total. The van der Waals surface area contributed by atoms with Crippen LogP contribution in [0.1, 0.15) is 10.4 Å². The number of hydrogen-bond donors (Lipinski definition) is 2. The standard InChI is InChI=1S/C22H22N2O4/c1-26-19-7-5-4-6-18(19)23-16-9-11-17(12-10-16)24-22(25)15-8-13-20(27-2)21(14-15)28-3/h4-14,23H,1-3H3,(H,24,25). The van der Waals surface area contributed by atoms with Gasteiger partial charge in [0.05, 0.1) is 27.0 Å². The van der Waals surface area contributed by atoms with Crippen molar-refractivity contribution in [2.75, 3.05) is 32.0 Å². The van der Waals surface area contributed by atoms with E-state index >= 15 is 0 Å². The molecule has 0 saturated heterocycles. The summed E-state index contributed by atoms with van der Waals surface area (Å²) in [5.41, 5.74) is 2.92. The zero-order chi connectivity index (χ0) is 19.9. The third-order valence-electron chi connectivity index (χ3n) is 4.17. The van der Waals surface area contributed by atoms with Crippen LogP contribution in [0.2, 0.25) is 0 Å². The first-order valence-electron chi connectivity index (χ1n) is 8.68. The predicted molar refractivity (Wildman–Crippen MR) is 110 cm³/mol. The number of hydrogen-bond acceptors (Lipinski definition) is 5. The number of amides is 1. The highest BCUT2D eigenvalue weighted by atomic mass is 16.5. The molecule has 3 aromatic carbocycles. The lowest BCUT2D eigenvalue weighted by Crippen LogP contribution is -2.12. The van der Waals surface area contributed by atoms with Crippen LogP contribution in [0.15, 0.2) is 66.7 Å². The van der Waals surface area contributed by atoms with Crippen molar-refractivity contribution in [3.05, 3.63) is 72.3 Å². The van der Waals surface area contributed by atoms with Crippen molar-refractivity contribution in [2.45, 2.75) is 0 Å². The molecule has 0 radical (unpaired) electrons. The molecule has 0 fully saturated rings. The van der Waals surface area contributed by atoms with E-state index in [0.717, 1.165) is 17.1 Å². The minimum atomic E-state index is -0.230. The van der Waals surface area contributed by atoms with Crippen LogP contribution in [-0.4, -0.2) is 27.2 Å². The summed E-state index contributed by atoms with van der Waals surface area (Å²) in [5.74, 6) is 1.61. The fraction of sp³-hybridized carbons (Fsp3) is 0.136. The lowest BCUT2D eigenvalue weighted by atomic mass is 10.1. The van der Waals surface area contributed by atoms with E-state index in [2.05, 4.69) is 10.6 Å². The van der Waals surface area contributed by atoms with E-state index in [1.807, 2.05) is 48.5 Å². The number of para-hydroxylation sites is 2. The fourth-order valence-electron chi connectivity index (χ4n) is 2.72. The first-order valence-corrected chi connectivity index (χ1v) is 8.68. The van der Waals surface area contributed by atoms with Gasteiger partial charge < -0.3 is 24.8 Å². The van der Waals surface area contributed by atoms with E-state index < -0.39 is 0 Å². The molecule has 0 aliphatic rings. The predicted octanol–water partition coefficient (Wildman–Crippen LogP) is 4.71. The Labute approximate surface area is 164 Å². The van der Waals surface area contributed by atoms with Crippen LogP contribution in [0.3, 0.4) is 0 Å². The second-order valence-electron chi connectivity index (χ2n) is 5.93. The molecule has 0 unspecified atom stereocenters.